The van der Waals surface area contributed by atoms with Gasteiger partial charge in [0, 0.05) is 16.8 Å². The summed E-state index contributed by atoms with van der Waals surface area (Å²) < 4.78 is 0. The van der Waals surface area contributed by atoms with Crippen LogP contribution in [-0.2, 0) is 6.42 Å². The molecule has 2 aromatic rings. The first-order chi connectivity index (χ1) is 11.0. The van der Waals surface area contributed by atoms with Crippen molar-refractivity contribution in [2.75, 3.05) is 5.73 Å². The predicted octanol–water partition coefficient (Wildman–Crippen LogP) is 2.74. The number of nitriles is 1. The molecule has 1 heterocycles. The molecule has 0 aliphatic heterocycles. The predicted molar refractivity (Wildman–Crippen MR) is 88.7 cm³/mol. The van der Waals surface area contributed by atoms with Crippen LogP contribution in [0.5, 0.6) is 0 Å². The number of anilines is 1. The van der Waals surface area contributed by atoms with Crippen molar-refractivity contribution < 1.29 is 4.79 Å². The summed E-state index contributed by atoms with van der Waals surface area (Å²) in [6, 6.07) is 9.16. The Kier molecular flexibility index (Phi) is 3.75. The fourth-order valence-corrected chi connectivity index (χ4v) is 3.28. The van der Waals surface area contributed by atoms with Gasteiger partial charge in [-0.3, -0.25) is 4.79 Å². The summed E-state index contributed by atoms with van der Waals surface area (Å²) in [5.41, 5.74) is 16.0. The van der Waals surface area contributed by atoms with Crippen LogP contribution >= 0.6 is 0 Å². The second-order valence-corrected chi connectivity index (χ2v) is 5.96. The number of hydrogen-bond acceptors (Lipinski definition) is 4. The maximum absolute atomic E-state index is 11.2. The van der Waals surface area contributed by atoms with Crippen LogP contribution in [0.1, 0.15) is 52.9 Å². The van der Waals surface area contributed by atoms with Gasteiger partial charge in [-0.1, -0.05) is 19.1 Å². The molecule has 116 valence electrons. The van der Waals surface area contributed by atoms with Crippen LogP contribution in [0.4, 0.5) is 5.82 Å². The van der Waals surface area contributed by atoms with Crippen molar-refractivity contribution in [3.05, 3.63) is 46.6 Å². The molecule has 4 N–H and O–H groups in total. The van der Waals surface area contributed by atoms with Gasteiger partial charge < -0.3 is 11.5 Å². The average molecular weight is 306 g/mol. The van der Waals surface area contributed by atoms with E-state index < -0.39 is 5.91 Å². The number of carbonyl (C=O) groups is 1. The van der Waals surface area contributed by atoms with Crippen LogP contribution in [0.2, 0.25) is 0 Å². The van der Waals surface area contributed by atoms with Gasteiger partial charge >= 0.3 is 0 Å². The Morgan fingerprint density at radius 1 is 1.35 bits per heavy atom. The number of nitrogens with zero attached hydrogens (tertiary/aromatic N) is 2. The zero-order valence-corrected chi connectivity index (χ0v) is 13.0. The minimum absolute atomic E-state index is 0.272. The van der Waals surface area contributed by atoms with E-state index in [4.69, 9.17) is 11.5 Å². The number of pyridine rings is 1. The zero-order chi connectivity index (χ0) is 16.6. The fourth-order valence-electron chi connectivity index (χ4n) is 3.28. The van der Waals surface area contributed by atoms with Crippen LogP contribution < -0.4 is 11.5 Å². The van der Waals surface area contributed by atoms with Crippen molar-refractivity contribution in [3.8, 4) is 17.2 Å². The third-order valence-corrected chi connectivity index (χ3v) is 4.46. The van der Waals surface area contributed by atoms with Crippen molar-refractivity contribution in [1.82, 2.24) is 4.98 Å². The molecule has 1 aliphatic rings. The SMILES string of the molecule is C[C@@H]1CCCc2c1nc(N)c(C#N)c2-c1ccc(C(N)=O)cc1. The Hall–Kier alpha value is -2.87. The molecular weight excluding hydrogens is 288 g/mol. The molecule has 3 rings (SSSR count). The van der Waals surface area contributed by atoms with Crippen LogP contribution in [0, 0.1) is 11.3 Å². The largest absolute Gasteiger partial charge is 0.383 e. The van der Waals surface area contributed by atoms with Gasteiger partial charge in [-0.2, -0.15) is 5.26 Å². The monoisotopic (exact) mass is 306 g/mol. The van der Waals surface area contributed by atoms with E-state index in [2.05, 4.69) is 18.0 Å². The van der Waals surface area contributed by atoms with Crippen LogP contribution in [0.25, 0.3) is 11.1 Å². The number of nitrogen functional groups attached to an aromatic ring is 1. The second-order valence-electron chi connectivity index (χ2n) is 5.96. The van der Waals surface area contributed by atoms with E-state index in [1.54, 1.807) is 12.1 Å². The van der Waals surface area contributed by atoms with Crippen molar-refractivity contribution in [2.24, 2.45) is 5.73 Å². The molecule has 1 amide bonds. The first-order valence-electron chi connectivity index (χ1n) is 7.65. The van der Waals surface area contributed by atoms with Crippen molar-refractivity contribution in [3.63, 3.8) is 0 Å². The fraction of sp³-hybridized carbons (Fsp3) is 0.278. The van der Waals surface area contributed by atoms with E-state index in [-0.39, 0.29) is 5.82 Å². The smallest absolute Gasteiger partial charge is 0.248 e. The maximum atomic E-state index is 11.2. The number of hydrogen-bond donors (Lipinski definition) is 2. The number of nitrogens with two attached hydrogens (primary N) is 2. The number of aromatic nitrogens is 1. The van der Waals surface area contributed by atoms with E-state index in [1.165, 1.54) is 0 Å². The van der Waals surface area contributed by atoms with Gasteiger partial charge in [-0.25, -0.2) is 4.98 Å². The molecule has 0 bridgehead atoms. The highest BCUT2D eigenvalue weighted by Gasteiger charge is 2.25. The molecule has 5 nitrogen and oxygen atoms in total. The summed E-state index contributed by atoms with van der Waals surface area (Å²) in [7, 11) is 0. The summed E-state index contributed by atoms with van der Waals surface area (Å²) in [5, 5.41) is 9.53. The van der Waals surface area contributed by atoms with Crippen molar-refractivity contribution in [2.45, 2.75) is 32.1 Å². The number of fused-ring (bicyclic) bond motifs is 1. The third kappa shape index (κ3) is 2.53. The molecule has 5 heteroatoms. The summed E-state index contributed by atoms with van der Waals surface area (Å²) in [4.78, 5) is 15.7. The minimum Gasteiger partial charge on any atom is -0.383 e. The molecular formula is C18H18N4O. The quantitative estimate of drug-likeness (QED) is 0.889. The molecule has 1 aromatic heterocycles. The number of benzene rings is 1. The Morgan fingerprint density at radius 3 is 2.65 bits per heavy atom. The van der Waals surface area contributed by atoms with Gasteiger partial charge in [0.05, 0.1) is 0 Å². The number of rotatable bonds is 2. The number of carbonyl (C=O) groups excluding carboxylic acids is 1. The summed E-state index contributed by atoms with van der Waals surface area (Å²) >= 11 is 0. The molecule has 1 aliphatic carbocycles. The van der Waals surface area contributed by atoms with Gasteiger partial charge in [-0.15, -0.1) is 0 Å². The molecule has 1 atom stereocenters. The van der Waals surface area contributed by atoms with E-state index in [1.807, 2.05) is 12.1 Å². The topological polar surface area (TPSA) is 106 Å². The van der Waals surface area contributed by atoms with Crippen molar-refractivity contribution >= 4 is 11.7 Å². The molecule has 1 aromatic carbocycles. The zero-order valence-electron chi connectivity index (χ0n) is 13.0. The number of amides is 1. The standard InChI is InChI=1S/C18H18N4O/c1-10-3-2-4-13-15(14(9-19)17(20)22-16(10)13)11-5-7-12(8-6-11)18(21)23/h5-8,10H,2-4H2,1H3,(H2,20,22)(H2,21,23)/t10-/m1/s1. The molecule has 0 radical (unpaired) electrons. The van der Waals surface area contributed by atoms with Crippen LogP contribution in [0.3, 0.4) is 0 Å². The van der Waals surface area contributed by atoms with Crippen LogP contribution in [0.15, 0.2) is 24.3 Å². The molecule has 23 heavy (non-hydrogen) atoms. The lowest BCUT2D eigenvalue weighted by molar-refractivity contribution is 0.100. The molecule has 0 unspecified atom stereocenters. The lowest BCUT2D eigenvalue weighted by Crippen LogP contribution is -2.14. The van der Waals surface area contributed by atoms with Gasteiger partial charge in [0.25, 0.3) is 0 Å². The van der Waals surface area contributed by atoms with E-state index in [9.17, 15) is 10.1 Å². The molecule has 0 spiro atoms. The minimum atomic E-state index is -0.470. The Morgan fingerprint density at radius 2 is 2.04 bits per heavy atom. The summed E-state index contributed by atoms with van der Waals surface area (Å²) in [6.07, 6.45) is 3.02. The van der Waals surface area contributed by atoms with E-state index >= 15 is 0 Å². The third-order valence-electron chi connectivity index (χ3n) is 4.46. The van der Waals surface area contributed by atoms with Gasteiger partial charge in [0.1, 0.15) is 17.5 Å². The van der Waals surface area contributed by atoms with Crippen molar-refractivity contribution in [1.29, 1.82) is 5.26 Å². The summed E-state index contributed by atoms with van der Waals surface area (Å²) in [6.45, 7) is 2.14. The normalized spacial score (nSPS) is 16.4. The highest BCUT2D eigenvalue weighted by Crippen LogP contribution is 2.39. The molecule has 0 saturated carbocycles. The maximum Gasteiger partial charge on any atom is 0.248 e. The Balaban J connectivity index is 2.25. The average Bonchev–Trinajstić information content (AvgIpc) is 2.54. The Bertz CT molecular complexity index is 818. The number of primary amides is 1. The first kappa shape index (κ1) is 15.0. The molecule has 0 fully saturated rings. The summed E-state index contributed by atoms with van der Waals surface area (Å²) in [5.74, 6) is 0.133. The highest BCUT2D eigenvalue weighted by molar-refractivity contribution is 5.93. The lowest BCUT2D eigenvalue weighted by Gasteiger charge is -2.25. The second kappa shape index (κ2) is 5.73. The van der Waals surface area contributed by atoms with Gasteiger partial charge in [0.15, 0.2) is 0 Å². The molecule has 0 saturated heterocycles. The highest BCUT2D eigenvalue weighted by atomic mass is 16.1. The lowest BCUT2D eigenvalue weighted by atomic mass is 9.82. The Labute approximate surface area is 134 Å². The van der Waals surface area contributed by atoms with E-state index in [0.717, 1.165) is 41.6 Å². The van der Waals surface area contributed by atoms with Gasteiger partial charge in [0.2, 0.25) is 5.91 Å². The van der Waals surface area contributed by atoms with E-state index in [0.29, 0.717) is 17.0 Å². The van der Waals surface area contributed by atoms with Gasteiger partial charge in [-0.05, 0) is 48.4 Å². The first-order valence-corrected chi connectivity index (χ1v) is 7.65. The van der Waals surface area contributed by atoms with Crippen LogP contribution in [-0.4, -0.2) is 10.9 Å².